The molecule has 1 aliphatic carbocycles. The van der Waals surface area contributed by atoms with Crippen molar-refractivity contribution in [3.8, 4) is 0 Å². The molecular weight excluding hydrogens is 380 g/mol. The Balaban J connectivity index is 1.76. The SMILES string of the molecule is Cc1cc(CNC2=CC=CNC2C(=O)O)c2nc(C3=CCCCC3)n(C)c(=O)c2c1. The Morgan fingerprint density at radius 3 is 2.93 bits per heavy atom. The van der Waals surface area contributed by atoms with Crippen LogP contribution in [0.2, 0.25) is 0 Å². The lowest BCUT2D eigenvalue weighted by Crippen LogP contribution is -2.41. The topological polar surface area (TPSA) is 96.2 Å². The number of nitrogens with zero attached hydrogens (tertiary/aromatic N) is 2. The second-order valence-electron chi connectivity index (χ2n) is 7.87. The van der Waals surface area contributed by atoms with E-state index in [1.54, 1.807) is 30.0 Å². The van der Waals surface area contributed by atoms with Crippen molar-refractivity contribution in [2.24, 2.45) is 7.05 Å². The number of hydrogen-bond acceptors (Lipinski definition) is 5. The molecule has 4 rings (SSSR count). The average Bonchev–Trinajstić information content (AvgIpc) is 2.75. The van der Waals surface area contributed by atoms with Gasteiger partial charge in [-0.2, -0.15) is 0 Å². The Bertz CT molecular complexity index is 1160. The minimum absolute atomic E-state index is 0.0590. The van der Waals surface area contributed by atoms with Gasteiger partial charge in [0.05, 0.1) is 10.9 Å². The molecule has 0 radical (unpaired) electrons. The van der Waals surface area contributed by atoms with Crippen molar-refractivity contribution in [2.45, 2.75) is 45.2 Å². The Hall–Kier alpha value is -3.35. The number of rotatable bonds is 5. The summed E-state index contributed by atoms with van der Waals surface area (Å²) in [5, 5.41) is 16.1. The molecular formula is C23H26N4O3. The van der Waals surface area contributed by atoms with Crippen LogP contribution in [0.15, 0.2) is 47.1 Å². The van der Waals surface area contributed by atoms with Gasteiger partial charge in [-0.05, 0) is 73.7 Å². The number of carboxylic acids is 1. The molecule has 1 aliphatic heterocycles. The highest BCUT2D eigenvalue weighted by atomic mass is 16.4. The summed E-state index contributed by atoms with van der Waals surface area (Å²) >= 11 is 0. The van der Waals surface area contributed by atoms with Gasteiger partial charge in [-0.15, -0.1) is 0 Å². The van der Waals surface area contributed by atoms with Gasteiger partial charge in [-0.25, -0.2) is 9.78 Å². The highest BCUT2D eigenvalue weighted by Gasteiger charge is 2.23. The van der Waals surface area contributed by atoms with Gasteiger partial charge in [0.1, 0.15) is 5.82 Å². The van der Waals surface area contributed by atoms with Crippen molar-refractivity contribution in [2.75, 3.05) is 0 Å². The normalized spacial score (nSPS) is 18.5. The van der Waals surface area contributed by atoms with Crippen LogP contribution < -0.4 is 16.2 Å². The van der Waals surface area contributed by atoms with Crippen molar-refractivity contribution < 1.29 is 9.90 Å². The molecule has 0 spiro atoms. The zero-order chi connectivity index (χ0) is 21.3. The molecule has 1 unspecified atom stereocenters. The lowest BCUT2D eigenvalue weighted by molar-refractivity contribution is -0.138. The van der Waals surface area contributed by atoms with E-state index in [4.69, 9.17) is 4.98 Å². The number of aromatic nitrogens is 2. The molecule has 2 aliphatic rings. The third kappa shape index (κ3) is 3.75. The van der Waals surface area contributed by atoms with E-state index in [1.165, 1.54) is 6.42 Å². The molecule has 30 heavy (non-hydrogen) atoms. The Morgan fingerprint density at radius 2 is 2.20 bits per heavy atom. The second-order valence-corrected chi connectivity index (χ2v) is 7.87. The fourth-order valence-electron chi connectivity index (χ4n) is 4.12. The maximum Gasteiger partial charge on any atom is 0.332 e. The van der Waals surface area contributed by atoms with Gasteiger partial charge in [0, 0.05) is 19.3 Å². The molecule has 0 fully saturated rings. The zero-order valence-corrected chi connectivity index (χ0v) is 17.2. The number of dihydropyridines is 1. The summed E-state index contributed by atoms with van der Waals surface area (Å²) in [4.78, 5) is 29.5. The van der Waals surface area contributed by atoms with Crippen LogP contribution in [0.1, 0.15) is 42.6 Å². The number of aryl methyl sites for hydroxylation is 1. The second kappa shape index (κ2) is 8.18. The first kappa shape index (κ1) is 19.9. The standard InChI is InChI=1S/C23H26N4O3/c1-14-11-16(13-25-18-9-6-10-24-20(18)23(29)30)19-17(12-14)22(28)27(2)21(26-19)15-7-4-3-5-8-15/h6-7,9-12,20,24-25H,3-5,8,13H2,1-2H3,(H,29,30). The van der Waals surface area contributed by atoms with E-state index < -0.39 is 12.0 Å². The zero-order valence-electron chi connectivity index (χ0n) is 17.2. The van der Waals surface area contributed by atoms with Crippen LogP contribution in [-0.4, -0.2) is 26.7 Å². The molecule has 1 atom stereocenters. The van der Waals surface area contributed by atoms with Gasteiger partial charge in [0.2, 0.25) is 0 Å². The number of benzene rings is 1. The molecule has 7 nitrogen and oxygen atoms in total. The third-order valence-electron chi connectivity index (χ3n) is 5.66. The fraction of sp³-hybridized carbons (Fsp3) is 0.348. The largest absolute Gasteiger partial charge is 0.479 e. The maximum absolute atomic E-state index is 13.1. The summed E-state index contributed by atoms with van der Waals surface area (Å²) in [6.45, 7) is 2.33. The number of aliphatic carboxylic acids is 1. The first-order valence-corrected chi connectivity index (χ1v) is 10.2. The van der Waals surface area contributed by atoms with Gasteiger partial charge in [-0.3, -0.25) is 9.36 Å². The molecule has 2 heterocycles. The molecule has 1 aromatic carbocycles. The highest BCUT2D eigenvalue weighted by molar-refractivity contribution is 5.83. The summed E-state index contributed by atoms with van der Waals surface area (Å²) < 4.78 is 1.65. The lowest BCUT2D eigenvalue weighted by atomic mass is 9.98. The number of hydrogen-bond donors (Lipinski definition) is 3. The Kier molecular flexibility index (Phi) is 5.44. The van der Waals surface area contributed by atoms with E-state index in [9.17, 15) is 14.7 Å². The Labute approximate surface area is 174 Å². The van der Waals surface area contributed by atoms with E-state index in [-0.39, 0.29) is 5.56 Å². The predicted molar refractivity (Wildman–Crippen MR) is 117 cm³/mol. The van der Waals surface area contributed by atoms with E-state index >= 15 is 0 Å². The predicted octanol–water partition coefficient (Wildman–Crippen LogP) is 2.74. The summed E-state index contributed by atoms with van der Waals surface area (Å²) in [5.74, 6) is -0.229. The van der Waals surface area contributed by atoms with Crippen LogP contribution in [0.5, 0.6) is 0 Å². The van der Waals surface area contributed by atoms with Crippen molar-refractivity contribution >= 4 is 22.4 Å². The molecule has 0 saturated heterocycles. The summed E-state index contributed by atoms with van der Waals surface area (Å²) in [7, 11) is 1.78. The van der Waals surface area contributed by atoms with E-state index in [0.717, 1.165) is 41.8 Å². The molecule has 2 aromatic rings. The van der Waals surface area contributed by atoms with Crippen LogP contribution in [-0.2, 0) is 18.4 Å². The molecule has 0 saturated carbocycles. The molecule has 0 amide bonds. The minimum atomic E-state index is -0.953. The van der Waals surface area contributed by atoms with E-state index in [2.05, 4.69) is 16.7 Å². The molecule has 0 bridgehead atoms. The summed E-state index contributed by atoms with van der Waals surface area (Å²) in [5.41, 5.74) is 4.14. The van der Waals surface area contributed by atoms with Gasteiger partial charge in [0.25, 0.3) is 5.56 Å². The Morgan fingerprint density at radius 1 is 1.37 bits per heavy atom. The maximum atomic E-state index is 13.1. The summed E-state index contributed by atoms with van der Waals surface area (Å²) in [6, 6.07) is 3.05. The van der Waals surface area contributed by atoms with Gasteiger partial charge in [-0.1, -0.05) is 12.1 Å². The highest BCUT2D eigenvalue weighted by Crippen LogP contribution is 2.27. The van der Waals surface area contributed by atoms with Crippen molar-refractivity contribution in [1.29, 1.82) is 0 Å². The first-order chi connectivity index (χ1) is 14.5. The van der Waals surface area contributed by atoms with Crippen molar-refractivity contribution in [3.63, 3.8) is 0 Å². The number of fused-ring (bicyclic) bond motifs is 1. The van der Waals surface area contributed by atoms with Crippen LogP contribution in [0.4, 0.5) is 0 Å². The van der Waals surface area contributed by atoms with Crippen LogP contribution in [0.25, 0.3) is 16.5 Å². The molecule has 3 N–H and O–H groups in total. The third-order valence-corrected chi connectivity index (χ3v) is 5.66. The van der Waals surface area contributed by atoms with Crippen LogP contribution in [0, 0.1) is 6.92 Å². The lowest BCUT2D eigenvalue weighted by Gasteiger charge is -2.22. The quantitative estimate of drug-likeness (QED) is 0.707. The van der Waals surface area contributed by atoms with Gasteiger partial charge in [0.15, 0.2) is 6.04 Å². The van der Waals surface area contributed by atoms with Gasteiger partial charge < -0.3 is 15.7 Å². The van der Waals surface area contributed by atoms with Gasteiger partial charge >= 0.3 is 5.97 Å². The number of allylic oxidation sites excluding steroid dienone is 4. The van der Waals surface area contributed by atoms with E-state index in [0.29, 0.717) is 23.1 Å². The van der Waals surface area contributed by atoms with Crippen LogP contribution >= 0.6 is 0 Å². The fourth-order valence-corrected chi connectivity index (χ4v) is 4.12. The average molecular weight is 406 g/mol. The molecule has 156 valence electrons. The first-order valence-electron chi connectivity index (χ1n) is 10.2. The summed E-state index contributed by atoms with van der Waals surface area (Å²) in [6.07, 6.45) is 11.5. The monoisotopic (exact) mass is 406 g/mol. The van der Waals surface area contributed by atoms with Crippen molar-refractivity contribution in [1.82, 2.24) is 20.2 Å². The van der Waals surface area contributed by atoms with Crippen molar-refractivity contribution in [3.05, 3.63) is 69.6 Å². The number of nitrogens with one attached hydrogen (secondary N) is 2. The smallest absolute Gasteiger partial charge is 0.332 e. The van der Waals surface area contributed by atoms with E-state index in [1.807, 2.05) is 19.1 Å². The minimum Gasteiger partial charge on any atom is -0.479 e. The molecule has 1 aromatic heterocycles. The molecule has 7 heteroatoms. The number of carboxylic acid groups (broad SMARTS) is 1. The van der Waals surface area contributed by atoms with Crippen LogP contribution in [0.3, 0.4) is 0 Å². The number of carbonyl (C=O) groups is 1.